The maximum absolute atomic E-state index is 6.59. The lowest BCUT2D eigenvalue weighted by molar-refractivity contribution is 0.880. The zero-order valence-corrected chi connectivity index (χ0v) is 14.0. The molecule has 21 heavy (non-hydrogen) atoms. The molecule has 2 aromatic carbocycles. The monoisotopic (exact) mass is 359 g/mol. The molecule has 0 fully saturated rings. The van der Waals surface area contributed by atoms with E-state index in [9.17, 15) is 0 Å². The number of aryl methyl sites for hydroxylation is 1. The van der Waals surface area contributed by atoms with E-state index >= 15 is 0 Å². The number of nitrogens with zero attached hydrogens (tertiary/aromatic N) is 1. The molecule has 0 aliphatic carbocycles. The number of aromatic nitrogens is 1. The van der Waals surface area contributed by atoms with E-state index in [1.165, 1.54) is 5.56 Å². The molecular formula is C18H15BrClN. The van der Waals surface area contributed by atoms with Crippen molar-refractivity contribution in [3.05, 3.63) is 75.9 Å². The minimum Gasteiger partial charge on any atom is -0.253 e. The largest absolute Gasteiger partial charge is 0.253 e. The van der Waals surface area contributed by atoms with E-state index in [-0.39, 0.29) is 5.38 Å². The first kappa shape index (κ1) is 14.6. The van der Waals surface area contributed by atoms with Crippen LogP contribution >= 0.6 is 27.5 Å². The Morgan fingerprint density at radius 3 is 2.71 bits per heavy atom. The molecule has 0 saturated carbocycles. The number of rotatable bonds is 3. The highest BCUT2D eigenvalue weighted by Crippen LogP contribution is 2.29. The van der Waals surface area contributed by atoms with Gasteiger partial charge in [0, 0.05) is 22.0 Å². The van der Waals surface area contributed by atoms with Gasteiger partial charge in [-0.2, -0.15) is 0 Å². The molecule has 3 aromatic rings. The molecule has 1 nitrogen and oxygen atoms in total. The first-order valence-corrected chi connectivity index (χ1v) is 8.11. The number of halogens is 2. The van der Waals surface area contributed by atoms with Gasteiger partial charge in [0.1, 0.15) is 0 Å². The topological polar surface area (TPSA) is 12.9 Å². The van der Waals surface area contributed by atoms with Crippen molar-refractivity contribution < 1.29 is 0 Å². The second-order valence-corrected chi connectivity index (χ2v) is 6.61. The second-order valence-electron chi connectivity index (χ2n) is 5.17. The van der Waals surface area contributed by atoms with Gasteiger partial charge in [0.25, 0.3) is 0 Å². The van der Waals surface area contributed by atoms with Crippen molar-refractivity contribution in [3.8, 4) is 0 Å². The van der Waals surface area contributed by atoms with Gasteiger partial charge in [0.15, 0.2) is 0 Å². The minimum atomic E-state index is -0.0632. The van der Waals surface area contributed by atoms with E-state index in [2.05, 4.69) is 53.2 Å². The van der Waals surface area contributed by atoms with Crippen LogP contribution in [0.25, 0.3) is 10.9 Å². The lowest BCUT2D eigenvalue weighted by Crippen LogP contribution is -2.00. The Bertz CT molecular complexity index is 785. The Morgan fingerprint density at radius 1 is 1.10 bits per heavy atom. The molecule has 0 saturated heterocycles. The zero-order valence-electron chi connectivity index (χ0n) is 11.7. The van der Waals surface area contributed by atoms with Crippen LogP contribution in [-0.4, -0.2) is 4.98 Å². The normalized spacial score (nSPS) is 12.5. The van der Waals surface area contributed by atoms with Crippen molar-refractivity contribution in [2.45, 2.75) is 18.7 Å². The van der Waals surface area contributed by atoms with Crippen molar-refractivity contribution in [1.82, 2.24) is 4.98 Å². The van der Waals surface area contributed by atoms with Crippen molar-refractivity contribution in [2.24, 2.45) is 0 Å². The van der Waals surface area contributed by atoms with Crippen LogP contribution in [0.1, 0.15) is 22.2 Å². The van der Waals surface area contributed by atoms with E-state index in [4.69, 9.17) is 16.6 Å². The van der Waals surface area contributed by atoms with Crippen molar-refractivity contribution in [1.29, 1.82) is 0 Å². The van der Waals surface area contributed by atoms with Gasteiger partial charge in [-0.3, -0.25) is 4.98 Å². The fourth-order valence-electron chi connectivity index (χ4n) is 2.51. The molecular weight excluding hydrogens is 346 g/mol. The van der Waals surface area contributed by atoms with Crippen LogP contribution < -0.4 is 0 Å². The molecule has 1 atom stereocenters. The number of benzene rings is 2. The van der Waals surface area contributed by atoms with E-state index in [1.54, 1.807) is 0 Å². The molecule has 3 heteroatoms. The van der Waals surface area contributed by atoms with Crippen molar-refractivity contribution >= 4 is 38.4 Å². The Kier molecular flexibility index (Phi) is 4.27. The quantitative estimate of drug-likeness (QED) is 0.536. The molecule has 1 unspecified atom stereocenters. The summed E-state index contributed by atoms with van der Waals surface area (Å²) in [5.41, 5.74) is 4.41. The second kappa shape index (κ2) is 6.17. The van der Waals surface area contributed by atoms with E-state index < -0.39 is 0 Å². The third-order valence-corrected chi connectivity index (χ3v) is 4.50. The maximum atomic E-state index is 6.59. The molecule has 0 radical (unpaired) electrons. The van der Waals surface area contributed by atoms with Gasteiger partial charge in [-0.05, 0) is 42.3 Å². The highest BCUT2D eigenvalue weighted by Gasteiger charge is 2.13. The number of pyridine rings is 1. The van der Waals surface area contributed by atoms with Crippen LogP contribution in [0.15, 0.2) is 59.1 Å². The third-order valence-electron chi connectivity index (χ3n) is 3.61. The first-order chi connectivity index (χ1) is 10.1. The van der Waals surface area contributed by atoms with Gasteiger partial charge >= 0.3 is 0 Å². The average Bonchev–Trinajstić information content (AvgIpc) is 2.47. The van der Waals surface area contributed by atoms with E-state index in [0.29, 0.717) is 0 Å². The smallest absolute Gasteiger partial charge is 0.0705 e. The highest BCUT2D eigenvalue weighted by atomic mass is 79.9. The summed E-state index contributed by atoms with van der Waals surface area (Å²) < 4.78 is 1.08. The molecule has 0 amide bonds. The summed E-state index contributed by atoms with van der Waals surface area (Å²) >= 11 is 10.1. The molecule has 1 heterocycles. The van der Waals surface area contributed by atoms with E-state index in [0.717, 1.165) is 33.1 Å². The van der Waals surface area contributed by atoms with Gasteiger partial charge in [-0.1, -0.05) is 46.3 Å². The molecule has 0 bridgehead atoms. The standard InChI is InChI=1S/C18H15BrClN/c1-12-10-14(19)7-9-16(12)17(20)11-15-8-6-13-4-2-3-5-18(13)21-15/h2-10,17H,11H2,1H3. The molecule has 1 aromatic heterocycles. The number of hydrogen-bond donors (Lipinski definition) is 0. The highest BCUT2D eigenvalue weighted by molar-refractivity contribution is 9.10. The number of alkyl halides is 1. The minimum absolute atomic E-state index is 0.0632. The molecule has 0 N–H and O–H groups in total. The van der Waals surface area contributed by atoms with Crippen LogP contribution in [0.4, 0.5) is 0 Å². The summed E-state index contributed by atoms with van der Waals surface area (Å²) in [7, 11) is 0. The fourth-order valence-corrected chi connectivity index (χ4v) is 3.38. The van der Waals surface area contributed by atoms with Crippen molar-refractivity contribution in [2.75, 3.05) is 0 Å². The molecule has 106 valence electrons. The van der Waals surface area contributed by atoms with Crippen LogP contribution in [0.5, 0.6) is 0 Å². The average molecular weight is 361 g/mol. The summed E-state index contributed by atoms with van der Waals surface area (Å²) in [6.45, 7) is 2.09. The summed E-state index contributed by atoms with van der Waals surface area (Å²) in [6, 6.07) is 18.5. The molecule has 0 aliphatic rings. The summed E-state index contributed by atoms with van der Waals surface area (Å²) in [5.74, 6) is 0. The van der Waals surface area contributed by atoms with Gasteiger partial charge < -0.3 is 0 Å². The fraction of sp³-hybridized carbons (Fsp3) is 0.167. The Morgan fingerprint density at radius 2 is 1.90 bits per heavy atom. The van der Waals surface area contributed by atoms with Crippen LogP contribution in [0.3, 0.4) is 0 Å². The maximum Gasteiger partial charge on any atom is 0.0705 e. The lowest BCUT2D eigenvalue weighted by Gasteiger charge is -2.13. The van der Waals surface area contributed by atoms with Crippen LogP contribution in [0, 0.1) is 6.92 Å². The lowest BCUT2D eigenvalue weighted by atomic mass is 10.0. The number of para-hydroxylation sites is 1. The van der Waals surface area contributed by atoms with Gasteiger partial charge in [-0.15, -0.1) is 11.6 Å². The SMILES string of the molecule is Cc1cc(Br)ccc1C(Cl)Cc1ccc2ccccc2n1. The Hall–Kier alpha value is -1.38. The summed E-state index contributed by atoms with van der Waals surface area (Å²) in [5, 5.41) is 1.10. The third kappa shape index (κ3) is 3.28. The first-order valence-electron chi connectivity index (χ1n) is 6.88. The Balaban J connectivity index is 1.87. The van der Waals surface area contributed by atoms with Gasteiger partial charge in [0.2, 0.25) is 0 Å². The predicted molar refractivity (Wildman–Crippen MR) is 92.9 cm³/mol. The molecule has 3 rings (SSSR count). The molecule has 0 aliphatic heterocycles. The zero-order chi connectivity index (χ0) is 14.8. The van der Waals surface area contributed by atoms with Gasteiger partial charge in [0.05, 0.1) is 10.9 Å². The van der Waals surface area contributed by atoms with E-state index in [1.807, 2.05) is 24.3 Å². The van der Waals surface area contributed by atoms with Crippen molar-refractivity contribution in [3.63, 3.8) is 0 Å². The van der Waals surface area contributed by atoms with Crippen LogP contribution in [-0.2, 0) is 6.42 Å². The number of fused-ring (bicyclic) bond motifs is 1. The molecule has 0 spiro atoms. The predicted octanol–water partition coefficient (Wildman–Crippen LogP) is 5.83. The Labute approximate surface area is 138 Å². The summed E-state index contributed by atoms with van der Waals surface area (Å²) in [6.07, 6.45) is 0.731. The number of hydrogen-bond acceptors (Lipinski definition) is 1. The van der Waals surface area contributed by atoms with Gasteiger partial charge in [-0.25, -0.2) is 0 Å². The van der Waals surface area contributed by atoms with Crippen LogP contribution in [0.2, 0.25) is 0 Å². The summed E-state index contributed by atoms with van der Waals surface area (Å²) in [4.78, 5) is 4.69.